The van der Waals surface area contributed by atoms with Crippen molar-refractivity contribution < 1.29 is 4.79 Å². The summed E-state index contributed by atoms with van der Waals surface area (Å²) in [6.45, 7) is 3.07. The molecular weight excluding hydrogens is 308 g/mol. The minimum absolute atomic E-state index is 0.103. The Hall–Kier alpha value is -3.07. The van der Waals surface area contributed by atoms with Gasteiger partial charge in [-0.2, -0.15) is 0 Å². The number of hydrogen-bond donors (Lipinski definition) is 2. The summed E-state index contributed by atoms with van der Waals surface area (Å²) in [6.07, 6.45) is 1.08. The first-order valence-corrected chi connectivity index (χ1v) is 8.57. The number of rotatable bonds is 6. The van der Waals surface area contributed by atoms with Crippen molar-refractivity contribution >= 4 is 17.3 Å². The number of carbonyl (C=O) groups is 1. The third-order valence-corrected chi connectivity index (χ3v) is 3.98. The number of amides is 1. The molecule has 126 valence electrons. The quantitative estimate of drug-likeness (QED) is 0.633. The van der Waals surface area contributed by atoms with E-state index in [0.717, 1.165) is 35.5 Å². The van der Waals surface area contributed by atoms with E-state index in [9.17, 15) is 4.79 Å². The molecule has 0 fully saturated rings. The first-order valence-electron chi connectivity index (χ1n) is 8.57. The van der Waals surface area contributed by atoms with Crippen LogP contribution in [0.15, 0.2) is 78.9 Å². The molecule has 2 N–H and O–H groups in total. The number of anilines is 2. The molecule has 0 aromatic heterocycles. The Kier molecular flexibility index (Phi) is 5.47. The number of nitrogens with one attached hydrogen (secondary N) is 2. The average Bonchev–Trinajstić information content (AvgIpc) is 2.68. The summed E-state index contributed by atoms with van der Waals surface area (Å²) in [4.78, 5) is 12.4. The second-order valence-corrected chi connectivity index (χ2v) is 5.90. The first-order chi connectivity index (χ1) is 12.3. The molecule has 0 aliphatic carbocycles. The molecule has 1 amide bonds. The molecule has 25 heavy (non-hydrogen) atoms. The molecule has 0 aliphatic rings. The maximum atomic E-state index is 12.4. The van der Waals surface area contributed by atoms with Crippen molar-refractivity contribution in [1.29, 1.82) is 0 Å². The van der Waals surface area contributed by atoms with E-state index in [-0.39, 0.29) is 5.91 Å². The molecular formula is C22H22N2O. The number of hydrogen-bond acceptors (Lipinski definition) is 2. The Morgan fingerprint density at radius 2 is 1.36 bits per heavy atom. The molecule has 0 saturated carbocycles. The van der Waals surface area contributed by atoms with Crippen LogP contribution in [0.1, 0.15) is 23.7 Å². The monoisotopic (exact) mass is 330 g/mol. The van der Waals surface area contributed by atoms with E-state index in [4.69, 9.17) is 0 Å². The molecule has 3 aromatic carbocycles. The van der Waals surface area contributed by atoms with E-state index in [1.807, 2.05) is 66.7 Å². The summed E-state index contributed by atoms with van der Waals surface area (Å²) < 4.78 is 0. The van der Waals surface area contributed by atoms with Crippen molar-refractivity contribution in [3.8, 4) is 11.1 Å². The van der Waals surface area contributed by atoms with Crippen LogP contribution < -0.4 is 10.6 Å². The fourth-order valence-corrected chi connectivity index (χ4v) is 2.59. The van der Waals surface area contributed by atoms with Gasteiger partial charge in [-0.3, -0.25) is 4.79 Å². The van der Waals surface area contributed by atoms with Crippen LogP contribution in [0.5, 0.6) is 0 Å². The summed E-state index contributed by atoms with van der Waals surface area (Å²) >= 11 is 0. The second kappa shape index (κ2) is 8.15. The first kappa shape index (κ1) is 16.8. The van der Waals surface area contributed by atoms with Gasteiger partial charge in [0.2, 0.25) is 0 Å². The van der Waals surface area contributed by atoms with Gasteiger partial charge in [-0.1, -0.05) is 49.4 Å². The van der Waals surface area contributed by atoms with Gasteiger partial charge in [-0.05, 0) is 53.9 Å². The van der Waals surface area contributed by atoms with E-state index in [1.165, 1.54) is 0 Å². The molecule has 0 bridgehead atoms. The third-order valence-electron chi connectivity index (χ3n) is 3.98. The lowest BCUT2D eigenvalue weighted by Crippen LogP contribution is -2.11. The zero-order chi connectivity index (χ0) is 17.5. The SMILES string of the molecule is CCCNc1ccc(NC(=O)c2ccc(-c3ccccc3)cc2)cc1. The Bertz CT molecular complexity index is 809. The van der Waals surface area contributed by atoms with Crippen molar-refractivity contribution in [3.63, 3.8) is 0 Å². The average molecular weight is 330 g/mol. The minimum atomic E-state index is -0.103. The lowest BCUT2D eigenvalue weighted by atomic mass is 10.0. The van der Waals surface area contributed by atoms with E-state index >= 15 is 0 Å². The Labute approximate surface area is 148 Å². The van der Waals surface area contributed by atoms with Crippen molar-refractivity contribution in [3.05, 3.63) is 84.4 Å². The van der Waals surface area contributed by atoms with Crippen LogP contribution in [0.2, 0.25) is 0 Å². The maximum Gasteiger partial charge on any atom is 0.255 e. The molecule has 3 rings (SSSR count). The van der Waals surface area contributed by atoms with Crippen molar-refractivity contribution in [1.82, 2.24) is 0 Å². The molecule has 3 heteroatoms. The lowest BCUT2D eigenvalue weighted by molar-refractivity contribution is 0.102. The van der Waals surface area contributed by atoms with E-state index in [2.05, 4.69) is 29.7 Å². The Morgan fingerprint density at radius 3 is 2.00 bits per heavy atom. The van der Waals surface area contributed by atoms with Gasteiger partial charge in [0.25, 0.3) is 5.91 Å². The van der Waals surface area contributed by atoms with Gasteiger partial charge in [0.15, 0.2) is 0 Å². The number of carbonyl (C=O) groups excluding carboxylic acids is 1. The van der Waals surface area contributed by atoms with E-state index in [0.29, 0.717) is 5.56 Å². The second-order valence-electron chi connectivity index (χ2n) is 5.90. The molecule has 3 nitrogen and oxygen atoms in total. The third kappa shape index (κ3) is 4.48. The predicted molar refractivity (Wildman–Crippen MR) is 105 cm³/mol. The highest BCUT2D eigenvalue weighted by atomic mass is 16.1. The van der Waals surface area contributed by atoms with Gasteiger partial charge in [-0.15, -0.1) is 0 Å². The highest BCUT2D eigenvalue weighted by Crippen LogP contribution is 2.20. The van der Waals surface area contributed by atoms with Crippen LogP contribution in [0.4, 0.5) is 11.4 Å². The van der Waals surface area contributed by atoms with Crippen molar-refractivity contribution in [2.75, 3.05) is 17.2 Å². The highest BCUT2D eigenvalue weighted by molar-refractivity contribution is 6.04. The normalized spacial score (nSPS) is 10.3. The topological polar surface area (TPSA) is 41.1 Å². The smallest absolute Gasteiger partial charge is 0.255 e. The summed E-state index contributed by atoms with van der Waals surface area (Å²) in [7, 11) is 0. The molecule has 0 radical (unpaired) electrons. The largest absolute Gasteiger partial charge is 0.385 e. The number of benzene rings is 3. The zero-order valence-corrected chi connectivity index (χ0v) is 14.3. The van der Waals surface area contributed by atoms with Crippen molar-refractivity contribution in [2.24, 2.45) is 0 Å². The zero-order valence-electron chi connectivity index (χ0n) is 14.3. The minimum Gasteiger partial charge on any atom is -0.385 e. The Morgan fingerprint density at radius 1 is 0.760 bits per heavy atom. The van der Waals surface area contributed by atoms with Gasteiger partial charge in [0.05, 0.1) is 0 Å². The van der Waals surface area contributed by atoms with E-state index in [1.54, 1.807) is 0 Å². The van der Waals surface area contributed by atoms with Crippen LogP contribution in [0.3, 0.4) is 0 Å². The summed E-state index contributed by atoms with van der Waals surface area (Å²) in [5.74, 6) is -0.103. The van der Waals surface area contributed by atoms with Crippen molar-refractivity contribution in [2.45, 2.75) is 13.3 Å². The molecule has 0 unspecified atom stereocenters. The van der Waals surface area contributed by atoms with Crippen LogP contribution >= 0.6 is 0 Å². The molecule has 0 saturated heterocycles. The lowest BCUT2D eigenvalue weighted by Gasteiger charge is -2.08. The van der Waals surface area contributed by atoms with Crippen LogP contribution in [0.25, 0.3) is 11.1 Å². The van der Waals surface area contributed by atoms with E-state index < -0.39 is 0 Å². The fourth-order valence-electron chi connectivity index (χ4n) is 2.59. The molecule has 0 aliphatic heterocycles. The fraction of sp³-hybridized carbons (Fsp3) is 0.136. The van der Waals surface area contributed by atoms with Crippen LogP contribution in [-0.4, -0.2) is 12.5 Å². The summed E-state index contributed by atoms with van der Waals surface area (Å²) in [5.41, 5.74) is 4.74. The summed E-state index contributed by atoms with van der Waals surface area (Å²) in [5, 5.41) is 6.25. The Balaban J connectivity index is 1.65. The van der Waals surface area contributed by atoms with Gasteiger partial charge in [0.1, 0.15) is 0 Å². The van der Waals surface area contributed by atoms with Crippen LogP contribution in [-0.2, 0) is 0 Å². The predicted octanol–water partition coefficient (Wildman–Crippen LogP) is 5.43. The highest BCUT2D eigenvalue weighted by Gasteiger charge is 2.06. The standard InChI is InChI=1S/C22H22N2O/c1-2-16-23-20-12-14-21(15-13-20)24-22(25)19-10-8-18(9-11-19)17-6-4-3-5-7-17/h3-15,23H,2,16H2,1H3,(H,24,25). The summed E-state index contributed by atoms with van der Waals surface area (Å²) in [6, 6.07) is 25.6. The molecule has 0 heterocycles. The van der Waals surface area contributed by atoms with Gasteiger partial charge < -0.3 is 10.6 Å². The van der Waals surface area contributed by atoms with Gasteiger partial charge in [0, 0.05) is 23.5 Å². The van der Waals surface area contributed by atoms with Gasteiger partial charge in [-0.25, -0.2) is 0 Å². The van der Waals surface area contributed by atoms with Gasteiger partial charge >= 0.3 is 0 Å². The maximum absolute atomic E-state index is 12.4. The molecule has 0 atom stereocenters. The molecule has 0 spiro atoms. The molecule has 3 aromatic rings. The van der Waals surface area contributed by atoms with Crippen LogP contribution in [0, 0.1) is 0 Å².